The number of carbonyl (C=O) groups excluding carboxylic acids is 2. The molecule has 1 aromatic heterocycles. The van der Waals surface area contributed by atoms with Gasteiger partial charge in [0.2, 0.25) is 11.8 Å². The van der Waals surface area contributed by atoms with Crippen molar-refractivity contribution in [1.29, 1.82) is 0 Å². The number of hydrogen-bond donors (Lipinski definition) is 2. The van der Waals surface area contributed by atoms with Crippen LogP contribution in [0.1, 0.15) is 36.4 Å². The van der Waals surface area contributed by atoms with Crippen LogP contribution in [-0.4, -0.2) is 62.2 Å². The van der Waals surface area contributed by atoms with Crippen LogP contribution in [0.2, 0.25) is 0 Å². The molecule has 10 nitrogen and oxygen atoms in total. The number of amides is 2. The average Bonchev–Trinajstić information content (AvgIpc) is 3.04. The van der Waals surface area contributed by atoms with Crippen molar-refractivity contribution in [2.24, 2.45) is 0 Å². The van der Waals surface area contributed by atoms with E-state index in [0.29, 0.717) is 62.8 Å². The molecular weight excluding hydrogens is 546 g/mol. The minimum atomic E-state index is -0.195. The Morgan fingerprint density at radius 3 is 2.63 bits per heavy atom. The van der Waals surface area contributed by atoms with Gasteiger partial charge in [-0.1, -0.05) is 18.2 Å². The van der Waals surface area contributed by atoms with Crippen LogP contribution < -0.4 is 29.7 Å². The number of methoxy groups -OCH3 is 2. The molecule has 0 fully saturated rings. The van der Waals surface area contributed by atoms with Crippen molar-refractivity contribution < 1.29 is 23.8 Å². The normalized spacial score (nSPS) is 17.6. The van der Waals surface area contributed by atoms with Gasteiger partial charge in [-0.3, -0.25) is 14.6 Å². The van der Waals surface area contributed by atoms with Gasteiger partial charge in [0.1, 0.15) is 11.6 Å². The largest absolute Gasteiger partial charge is 0.493 e. The van der Waals surface area contributed by atoms with Crippen LogP contribution in [0, 0.1) is 0 Å². The van der Waals surface area contributed by atoms with Gasteiger partial charge >= 0.3 is 0 Å². The summed E-state index contributed by atoms with van der Waals surface area (Å²) in [7, 11) is 3.22. The van der Waals surface area contributed by atoms with Gasteiger partial charge in [0, 0.05) is 50.0 Å². The van der Waals surface area contributed by atoms with Gasteiger partial charge in [0.15, 0.2) is 11.5 Å². The Bertz CT molecular complexity index is 1660. The zero-order chi connectivity index (χ0) is 29.8. The van der Waals surface area contributed by atoms with Crippen molar-refractivity contribution >= 4 is 28.7 Å². The summed E-state index contributed by atoms with van der Waals surface area (Å²) in [6, 6.07) is 17.4. The van der Waals surface area contributed by atoms with Gasteiger partial charge in [0.25, 0.3) is 0 Å². The van der Waals surface area contributed by atoms with Crippen LogP contribution in [0.15, 0.2) is 60.8 Å². The number of rotatable bonds is 3. The van der Waals surface area contributed by atoms with E-state index in [0.717, 1.165) is 39.0 Å². The lowest BCUT2D eigenvalue weighted by Crippen LogP contribution is -2.39. The summed E-state index contributed by atoms with van der Waals surface area (Å²) in [6.07, 6.45) is 3.48. The molecule has 43 heavy (non-hydrogen) atoms. The lowest BCUT2D eigenvalue weighted by Gasteiger charge is -2.28. The summed E-state index contributed by atoms with van der Waals surface area (Å²) in [5.41, 5.74) is 5.21. The van der Waals surface area contributed by atoms with E-state index in [4.69, 9.17) is 19.2 Å². The number of ether oxygens (including phenoxy) is 3. The molecular formula is C33H35N5O5. The van der Waals surface area contributed by atoms with E-state index < -0.39 is 0 Å². The summed E-state index contributed by atoms with van der Waals surface area (Å²) in [5.74, 6) is 2.48. The number of para-hydroxylation sites is 2. The molecule has 4 aromatic rings. The molecule has 4 bridgehead atoms. The van der Waals surface area contributed by atoms with Gasteiger partial charge in [0.05, 0.1) is 44.1 Å². The van der Waals surface area contributed by atoms with Crippen LogP contribution in [0.25, 0.3) is 22.2 Å². The number of fused-ring (bicyclic) bond motifs is 5. The van der Waals surface area contributed by atoms with Crippen LogP contribution in [-0.2, 0) is 16.0 Å². The van der Waals surface area contributed by atoms with Crippen LogP contribution >= 0.6 is 0 Å². The Morgan fingerprint density at radius 1 is 0.930 bits per heavy atom. The molecule has 0 aliphatic carbocycles. The zero-order valence-corrected chi connectivity index (χ0v) is 24.4. The van der Waals surface area contributed by atoms with Crippen molar-refractivity contribution in [3.8, 4) is 28.4 Å². The molecule has 1 unspecified atom stereocenters. The smallest absolute Gasteiger partial charge is 0.222 e. The average molecular weight is 582 g/mol. The third-order valence-electron chi connectivity index (χ3n) is 7.95. The Hall–Kier alpha value is -4.86. The molecule has 10 heteroatoms. The molecule has 0 saturated carbocycles. The van der Waals surface area contributed by atoms with E-state index in [1.807, 2.05) is 59.5 Å². The Balaban J connectivity index is 1.34. The number of aromatic nitrogens is 2. The quantitative estimate of drug-likeness (QED) is 0.370. The first-order valence-electron chi connectivity index (χ1n) is 14.6. The summed E-state index contributed by atoms with van der Waals surface area (Å²) in [4.78, 5) is 37.6. The molecule has 1 atom stereocenters. The number of aryl methyl sites for hydroxylation is 1. The van der Waals surface area contributed by atoms with Crippen molar-refractivity contribution in [2.75, 3.05) is 45.4 Å². The molecule has 2 amide bonds. The SMILES string of the molecule is COc1cc2cc(c1OC)-c1ccc3c(c1)C(CCO3)NC(=O)CCN(c1cnc3ccccc3n1)CCNC(=O)CC2. The highest BCUT2D eigenvalue weighted by atomic mass is 16.5. The van der Waals surface area contributed by atoms with E-state index >= 15 is 0 Å². The number of hydrogen-bond acceptors (Lipinski definition) is 8. The first kappa shape index (κ1) is 28.3. The van der Waals surface area contributed by atoms with Crippen LogP contribution in [0.3, 0.4) is 0 Å². The maximum Gasteiger partial charge on any atom is 0.222 e. The second kappa shape index (κ2) is 12.6. The van der Waals surface area contributed by atoms with Gasteiger partial charge in [-0.05, 0) is 53.9 Å². The Labute approximate surface area is 250 Å². The molecule has 3 aromatic carbocycles. The number of benzene rings is 3. The van der Waals surface area contributed by atoms with Crippen molar-refractivity contribution in [3.63, 3.8) is 0 Å². The third kappa shape index (κ3) is 6.18. The van der Waals surface area contributed by atoms with Gasteiger partial charge < -0.3 is 29.7 Å². The highest BCUT2D eigenvalue weighted by Crippen LogP contribution is 2.42. The number of nitrogens with zero attached hydrogens (tertiary/aromatic N) is 3. The van der Waals surface area contributed by atoms with Crippen molar-refractivity contribution in [2.45, 2.75) is 31.7 Å². The monoisotopic (exact) mass is 581 g/mol. The maximum absolute atomic E-state index is 13.3. The molecule has 2 N–H and O–H groups in total. The van der Waals surface area contributed by atoms with Crippen LogP contribution in [0.5, 0.6) is 17.2 Å². The first-order chi connectivity index (χ1) is 21.0. The fourth-order valence-corrected chi connectivity index (χ4v) is 5.71. The lowest BCUT2D eigenvalue weighted by atomic mass is 9.93. The molecule has 0 radical (unpaired) electrons. The number of nitrogens with one attached hydrogen (secondary N) is 2. The highest BCUT2D eigenvalue weighted by molar-refractivity contribution is 5.80. The molecule has 222 valence electrons. The van der Waals surface area contributed by atoms with Crippen molar-refractivity contribution in [3.05, 3.63) is 71.9 Å². The van der Waals surface area contributed by atoms with E-state index in [9.17, 15) is 9.59 Å². The maximum atomic E-state index is 13.3. The van der Waals surface area contributed by atoms with E-state index in [1.165, 1.54) is 0 Å². The lowest BCUT2D eigenvalue weighted by molar-refractivity contribution is -0.122. The van der Waals surface area contributed by atoms with E-state index in [-0.39, 0.29) is 24.3 Å². The Morgan fingerprint density at radius 2 is 1.79 bits per heavy atom. The minimum Gasteiger partial charge on any atom is -0.493 e. The fourth-order valence-electron chi connectivity index (χ4n) is 5.71. The van der Waals surface area contributed by atoms with Gasteiger partial charge in [-0.25, -0.2) is 4.98 Å². The second-order valence-corrected chi connectivity index (χ2v) is 10.7. The topological polar surface area (TPSA) is 115 Å². The summed E-state index contributed by atoms with van der Waals surface area (Å²) in [5, 5.41) is 6.26. The summed E-state index contributed by atoms with van der Waals surface area (Å²) in [6.45, 7) is 1.82. The van der Waals surface area contributed by atoms with E-state index in [1.54, 1.807) is 20.4 Å². The number of carbonyl (C=O) groups is 2. The molecule has 0 spiro atoms. The summed E-state index contributed by atoms with van der Waals surface area (Å²) < 4.78 is 17.4. The minimum absolute atomic E-state index is 0.0616. The molecule has 2 aliphatic rings. The Kier molecular flexibility index (Phi) is 8.26. The highest BCUT2D eigenvalue weighted by Gasteiger charge is 2.25. The predicted octanol–water partition coefficient (Wildman–Crippen LogP) is 4.21. The van der Waals surface area contributed by atoms with Gasteiger partial charge in [-0.15, -0.1) is 0 Å². The molecule has 2 aliphatic heterocycles. The van der Waals surface area contributed by atoms with E-state index in [2.05, 4.69) is 15.6 Å². The standard InChI is InChI=1S/C33H35N5O5/c1-41-29-18-21-7-10-31(39)34-13-15-38(30-20-35-26-5-3-4-6-27(26)36-30)14-11-32(40)37-25-12-16-43-28-9-8-22(19-24(25)28)23(17-21)33(29)42-2/h3-6,8-9,17-20,25H,7,10-16H2,1-2H3,(H,34,39)(H,37,40). The molecule has 0 saturated heterocycles. The first-order valence-corrected chi connectivity index (χ1v) is 14.6. The van der Waals surface area contributed by atoms with Crippen LogP contribution in [0.4, 0.5) is 5.82 Å². The van der Waals surface area contributed by atoms with Crippen molar-refractivity contribution in [1.82, 2.24) is 20.6 Å². The number of anilines is 1. The second-order valence-electron chi connectivity index (χ2n) is 10.7. The molecule has 3 heterocycles. The fraction of sp³-hybridized carbons (Fsp3) is 0.333. The zero-order valence-electron chi connectivity index (χ0n) is 24.4. The van der Waals surface area contributed by atoms with Gasteiger partial charge in [-0.2, -0.15) is 0 Å². The predicted molar refractivity (Wildman–Crippen MR) is 164 cm³/mol. The summed E-state index contributed by atoms with van der Waals surface area (Å²) >= 11 is 0. The molecule has 6 rings (SSSR count). The third-order valence-corrected chi connectivity index (χ3v) is 7.95.